The number of nitrogens with zero attached hydrogens (tertiary/aromatic N) is 1. The summed E-state index contributed by atoms with van der Waals surface area (Å²) in [5.74, 6) is -0.242. The van der Waals surface area contributed by atoms with Crippen LogP contribution < -0.4 is 10.6 Å². The van der Waals surface area contributed by atoms with Crippen LogP contribution in [0.3, 0.4) is 0 Å². The smallest absolute Gasteiger partial charge is 0.251 e. The maximum atomic E-state index is 12.7. The fourth-order valence-electron chi connectivity index (χ4n) is 3.96. The molecule has 1 fully saturated rings. The molecule has 6 heteroatoms. The second-order valence-corrected chi connectivity index (χ2v) is 8.21. The van der Waals surface area contributed by atoms with Crippen molar-refractivity contribution >= 4 is 23.3 Å². The first-order valence-corrected chi connectivity index (χ1v) is 11.2. The minimum atomic E-state index is -0.144. The molecule has 0 atom stereocenters. The first-order chi connectivity index (χ1) is 16.1. The van der Waals surface area contributed by atoms with Gasteiger partial charge in [0.05, 0.1) is 6.54 Å². The topological polar surface area (TPSA) is 78.5 Å². The standard InChI is InChI=1S/C27H27N3O3/c31-25(28-23-9-5-2-6-10-23)19-30-17-15-24(16-18-30)29-27(33)22-13-11-21(12-14-22)26(32)20-7-3-1-4-8-20/h1-14,24H,15-19H2,(H,28,31)(H,29,33). The fourth-order valence-corrected chi connectivity index (χ4v) is 3.96. The molecule has 3 aromatic rings. The van der Waals surface area contributed by atoms with Crippen molar-refractivity contribution in [1.29, 1.82) is 0 Å². The van der Waals surface area contributed by atoms with E-state index in [9.17, 15) is 14.4 Å². The van der Waals surface area contributed by atoms with Crippen molar-refractivity contribution < 1.29 is 14.4 Å². The van der Waals surface area contributed by atoms with Gasteiger partial charge in [-0.05, 0) is 37.1 Å². The molecule has 0 radical (unpaired) electrons. The Morgan fingerprint density at radius 1 is 0.727 bits per heavy atom. The number of hydrogen-bond donors (Lipinski definition) is 2. The van der Waals surface area contributed by atoms with Gasteiger partial charge in [0.2, 0.25) is 5.91 Å². The van der Waals surface area contributed by atoms with Gasteiger partial charge < -0.3 is 10.6 Å². The molecule has 1 aliphatic heterocycles. The monoisotopic (exact) mass is 441 g/mol. The minimum absolute atomic E-state index is 0.0335. The molecule has 0 unspecified atom stereocenters. The van der Waals surface area contributed by atoms with E-state index in [2.05, 4.69) is 15.5 Å². The van der Waals surface area contributed by atoms with E-state index in [1.54, 1.807) is 36.4 Å². The van der Waals surface area contributed by atoms with Gasteiger partial charge in [-0.3, -0.25) is 19.3 Å². The SMILES string of the molecule is O=C(CN1CCC(NC(=O)c2ccc(C(=O)c3ccccc3)cc2)CC1)Nc1ccccc1. The molecule has 0 spiro atoms. The van der Waals surface area contributed by atoms with Crippen LogP contribution in [0.1, 0.15) is 39.1 Å². The molecule has 4 rings (SSSR count). The van der Waals surface area contributed by atoms with Crippen molar-refractivity contribution in [1.82, 2.24) is 10.2 Å². The molecule has 3 aromatic carbocycles. The number of para-hydroxylation sites is 1. The number of nitrogens with one attached hydrogen (secondary N) is 2. The largest absolute Gasteiger partial charge is 0.349 e. The zero-order valence-corrected chi connectivity index (χ0v) is 18.4. The molecule has 2 amide bonds. The molecule has 6 nitrogen and oxygen atoms in total. The summed E-state index contributed by atoms with van der Waals surface area (Å²) in [7, 11) is 0. The average molecular weight is 442 g/mol. The Balaban J connectivity index is 1.23. The van der Waals surface area contributed by atoms with Gasteiger partial charge in [0.1, 0.15) is 0 Å². The van der Waals surface area contributed by atoms with Gasteiger partial charge >= 0.3 is 0 Å². The lowest BCUT2D eigenvalue weighted by Gasteiger charge is -2.31. The van der Waals surface area contributed by atoms with Crippen LogP contribution in [0.15, 0.2) is 84.9 Å². The third-order valence-corrected chi connectivity index (χ3v) is 5.79. The molecule has 168 valence electrons. The van der Waals surface area contributed by atoms with Gasteiger partial charge in [0.15, 0.2) is 5.78 Å². The number of piperidine rings is 1. The molecule has 0 saturated carbocycles. The van der Waals surface area contributed by atoms with Crippen LogP contribution in [0, 0.1) is 0 Å². The summed E-state index contributed by atoms with van der Waals surface area (Å²) >= 11 is 0. The lowest BCUT2D eigenvalue weighted by atomic mass is 10.0. The number of benzene rings is 3. The highest BCUT2D eigenvalue weighted by Gasteiger charge is 2.22. The first-order valence-electron chi connectivity index (χ1n) is 11.2. The Labute approximate surface area is 193 Å². The van der Waals surface area contributed by atoms with Gasteiger partial charge in [-0.15, -0.1) is 0 Å². The highest BCUT2D eigenvalue weighted by molar-refractivity contribution is 6.09. The highest BCUT2D eigenvalue weighted by Crippen LogP contribution is 2.14. The van der Waals surface area contributed by atoms with Gasteiger partial charge in [0, 0.05) is 41.5 Å². The van der Waals surface area contributed by atoms with Crippen molar-refractivity contribution in [3.8, 4) is 0 Å². The number of likely N-dealkylation sites (tertiary alicyclic amines) is 1. The minimum Gasteiger partial charge on any atom is -0.349 e. The highest BCUT2D eigenvalue weighted by atomic mass is 16.2. The van der Waals surface area contributed by atoms with Gasteiger partial charge in [-0.1, -0.05) is 60.7 Å². The van der Waals surface area contributed by atoms with E-state index in [-0.39, 0.29) is 23.6 Å². The van der Waals surface area contributed by atoms with Crippen molar-refractivity contribution in [2.24, 2.45) is 0 Å². The molecule has 1 saturated heterocycles. The van der Waals surface area contributed by atoms with Gasteiger partial charge in [-0.2, -0.15) is 0 Å². The normalized spacial score (nSPS) is 14.4. The van der Waals surface area contributed by atoms with Crippen LogP contribution in [0.5, 0.6) is 0 Å². The Bertz CT molecular complexity index is 1090. The lowest BCUT2D eigenvalue weighted by Crippen LogP contribution is -2.46. The van der Waals surface area contributed by atoms with E-state index in [0.717, 1.165) is 31.6 Å². The van der Waals surface area contributed by atoms with Crippen molar-refractivity contribution in [3.05, 3.63) is 102 Å². The molecule has 1 heterocycles. The maximum absolute atomic E-state index is 12.7. The van der Waals surface area contributed by atoms with E-state index in [1.807, 2.05) is 48.5 Å². The molecule has 0 bridgehead atoms. The molecule has 0 aromatic heterocycles. The van der Waals surface area contributed by atoms with E-state index >= 15 is 0 Å². The zero-order valence-electron chi connectivity index (χ0n) is 18.4. The molecule has 0 aliphatic carbocycles. The quantitative estimate of drug-likeness (QED) is 0.548. The average Bonchev–Trinajstić information content (AvgIpc) is 2.86. The summed E-state index contributed by atoms with van der Waals surface area (Å²) < 4.78 is 0. The molecular formula is C27H27N3O3. The summed E-state index contributed by atoms with van der Waals surface area (Å²) in [6.45, 7) is 1.84. The number of amides is 2. The predicted octanol–water partition coefficient (Wildman–Crippen LogP) is 3.75. The Kier molecular flexibility index (Phi) is 7.27. The first kappa shape index (κ1) is 22.4. The van der Waals surface area contributed by atoms with E-state index in [0.29, 0.717) is 23.2 Å². The maximum Gasteiger partial charge on any atom is 0.251 e. The summed E-state index contributed by atoms with van der Waals surface area (Å²) in [5.41, 5.74) is 2.50. The summed E-state index contributed by atoms with van der Waals surface area (Å²) in [4.78, 5) is 39.5. The zero-order chi connectivity index (χ0) is 23.0. The van der Waals surface area contributed by atoms with E-state index in [4.69, 9.17) is 0 Å². The number of anilines is 1. The molecule has 1 aliphatic rings. The second kappa shape index (κ2) is 10.7. The number of carbonyl (C=O) groups excluding carboxylic acids is 3. The fraction of sp³-hybridized carbons (Fsp3) is 0.222. The van der Waals surface area contributed by atoms with Crippen LogP contribution >= 0.6 is 0 Å². The van der Waals surface area contributed by atoms with Crippen LogP contribution in [0.25, 0.3) is 0 Å². The van der Waals surface area contributed by atoms with E-state index in [1.165, 1.54) is 0 Å². The molecule has 33 heavy (non-hydrogen) atoms. The van der Waals surface area contributed by atoms with Crippen molar-refractivity contribution in [3.63, 3.8) is 0 Å². The van der Waals surface area contributed by atoms with Gasteiger partial charge in [-0.25, -0.2) is 0 Å². The number of ketones is 1. The van der Waals surface area contributed by atoms with Crippen LogP contribution in [0.2, 0.25) is 0 Å². The summed E-state index contributed by atoms with van der Waals surface area (Å²) in [5, 5.41) is 5.98. The summed E-state index contributed by atoms with van der Waals surface area (Å²) in [6.07, 6.45) is 1.57. The van der Waals surface area contributed by atoms with Crippen molar-refractivity contribution in [2.45, 2.75) is 18.9 Å². The number of rotatable bonds is 7. The Hall–Kier alpha value is -3.77. The number of hydrogen-bond acceptors (Lipinski definition) is 4. The number of carbonyl (C=O) groups is 3. The third kappa shape index (κ3) is 6.14. The van der Waals surface area contributed by atoms with Crippen LogP contribution in [-0.4, -0.2) is 48.2 Å². The second-order valence-electron chi connectivity index (χ2n) is 8.21. The molecular weight excluding hydrogens is 414 g/mol. The van der Waals surface area contributed by atoms with Crippen LogP contribution in [-0.2, 0) is 4.79 Å². The molecule has 2 N–H and O–H groups in total. The Morgan fingerprint density at radius 3 is 1.91 bits per heavy atom. The summed E-state index contributed by atoms with van der Waals surface area (Å²) in [6, 6.07) is 25.3. The predicted molar refractivity (Wildman–Crippen MR) is 128 cm³/mol. The third-order valence-electron chi connectivity index (χ3n) is 5.79. The Morgan fingerprint density at radius 2 is 1.27 bits per heavy atom. The van der Waals surface area contributed by atoms with Crippen molar-refractivity contribution in [2.75, 3.05) is 25.0 Å². The van der Waals surface area contributed by atoms with Gasteiger partial charge in [0.25, 0.3) is 5.91 Å². The lowest BCUT2D eigenvalue weighted by molar-refractivity contribution is -0.117. The van der Waals surface area contributed by atoms with Crippen LogP contribution in [0.4, 0.5) is 5.69 Å². The van der Waals surface area contributed by atoms with E-state index < -0.39 is 0 Å².